The molecule has 2 aliphatic rings. The van der Waals surface area contributed by atoms with Crippen LogP contribution in [0.25, 0.3) is 0 Å². The number of hydrogen-bond acceptors (Lipinski definition) is 5. The minimum atomic E-state index is -0.350. The molecule has 2 unspecified atom stereocenters. The minimum Gasteiger partial charge on any atom is -0.367 e. The van der Waals surface area contributed by atoms with Gasteiger partial charge in [-0.2, -0.15) is 5.53 Å². The van der Waals surface area contributed by atoms with Crippen LogP contribution >= 0.6 is 11.6 Å². The summed E-state index contributed by atoms with van der Waals surface area (Å²) in [5, 5.41) is 3.97. The third-order valence-electron chi connectivity index (χ3n) is 4.12. The molecule has 2 aliphatic heterocycles. The van der Waals surface area contributed by atoms with E-state index in [1.54, 1.807) is 0 Å². The number of hydrazine groups is 2. The second-order valence-corrected chi connectivity index (χ2v) is 6.20. The molecule has 22 heavy (non-hydrogen) atoms. The quantitative estimate of drug-likeness (QED) is 0.678. The van der Waals surface area contributed by atoms with Crippen LogP contribution < -0.4 is 21.7 Å². The van der Waals surface area contributed by atoms with Gasteiger partial charge in [0, 0.05) is 23.8 Å². The summed E-state index contributed by atoms with van der Waals surface area (Å²) in [5.74, 6) is 0.124. The Balaban J connectivity index is 1.65. The van der Waals surface area contributed by atoms with Crippen LogP contribution in [0.15, 0.2) is 24.3 Å². The molecular weight excluding hydrogens is 302 g/mol. The van der Waals surface area contributed by atoms with Crippen LogP contribution in [0.1, 0.15) is 25.7 Å². The molecule has 4 N–H and O–H groups in total. The predicted molar refractivity (Wildman–Crippen MR) is 87.1 cm³/mol. The number of likely N-dealkylation sites (tertiary alicyclic amines) is 1. The van der Waals surface area contributed by atoms with Crippen molar-refractivity contribution >= 4 is 23.2 Å². The van der Waals surface area contributed by atoms with Crippen LogP contribution in [-0.2, 0) is 4.79 Å². The number of carbonyl (C=O) groups is 1. The van der Waals surface area contributed by atoms with Crippen molar-refractivity contribution in [3.63, 3.8) is 0 Å². The first-order valence-corrected chi connectivity index (χ1v) is 8.19. The van der Waals surface area contributed by atoms with E-state index in [1.807, 2.05) is 29.2 Å². The summed E-state index contributed by atoms with van der Waals surface area (Å²) < 4.78 is 0. The van der Waals surface area contributed by atoms with Crippen LogP contribution in [0.2, 0.25) is 5.02 Å². The Morgan fingerprint density at radius 3 is 2.68 bits per heavy atom. The molecule has 0 aromatic heterocycles. The molecule has 1 aromatic rings. The normalized spacial score (nSPS) is 25.8. The SMILES string of the molecule is O=C(C1NNNC1Nc1cccc(Cl)c1)N1CCCCCC1. The first kappa shape index (κ1) is 15.6. The van der Waals surface area contributed by atoms with E-state index in [9.17, 15) is 4.79 Å². The lowest BCUT2D eigenvalue weighted by Gasteiger charge is -2.27. The molecular formula is C15H22ClN5O. The van der Waals surface area contributed by atoms with Crippen LogP contribution in [0.4, 0.5) is 5.69 Å². The summed E-state index contributed by atoms with van der Waals surface area (Å²) in [6.45, 7) is 1.70. The van der Waals surface area contributed by atoms with Crippen LogP contribution in [-0.4, -0.2) is 36.1 Å². The lowest BCUT2D eigenvalue weighted by atomic mass is 10.2. The third-order valence-corrected chi connectivity index (χ3v) is 4.35. The molecule has 0 radical (unpaired) electrons. The largest absolute Gasteiger partial charge is 0.367 e. The molecule has 1 amide bonds. The predicted octanol–water partition coefficient (Wildman–Crippen LogP) is 1.46. The molecule has 0 bridgehead atoms. The summed E-state index contributed by atoms with van der Waals surface area (Å²) in [6, 6.07) is 7.13. The van der Waals surface area contributed by atoms with Crippen LogP contribution in [0.3, 0.4) is 0 Å². The minimum absolute atomic E-state index is 0.124. The first-order chi connectivity index (χ1) is 10.7. The highest BCUT2D eigenvalue weighted by molar-refractivity contribution is 6.30. The molecule has 0 saturated carbocycles. The van der Waals surface area contributed by atoms with Crippen molar-refractivity contribution in [2.24, 2.45) is 0 Å². The van der Waals surface area contributed by atoms with Crippen molar-refractivity contribution in [1.82, 2.24) is 21.3 Å². The van der Waals surface area contributed by atoms with Gasteiger partial charge in [-0.15, -0.1) is 0 Å². The van der Waals surface area contributed by atoms with E-state index in [0.717, 1.165) is 31.6 Å². The van der Waals surface area contributed by atoms with E-state index in [0.29, 0.717) is 5.02 Å². The fraction of sp³-hybridized carbons (Fsp3) is 0.533. The molecule has 120 valence electrons. The Morgan fingerprint density at radius 2 is 1.95 bits per heavy atom. The Morgan fingerprint density at radius 1 is 1.18 bits per heavy atom. The van der Waals surface area contributed by atoms with Gasteiger partial charge in [0.15, 0.2) is 0 Å². The molecule has 7 heteroatoms. The molecule has 2 saturated heterocycles. The van der Waals surface area contributed by atoms with Crippen molar-refractivity contribution in [3.05, 3.63) is 29.3 Å². The van der Waals surface area contributed by atoms with Gasteiger partial charge in [-0.3, -0.25) is 4.79 Å². The highest BCUT2D eigenvalue weighted by atomic mass is 35.5. The lowest BCUT2D eigenvalue weighted by Crippen LogP contribution is -2.52. The molecule has 0 aliphatic carbocycles. The van der Waals surface area contributed by atoms with Crippen molar-refractivity contribution in [1.29, 1.82) is 0 Å². The summed E-state index contributed by atoms with van der Waals surface area (Å²) in [4.78, 5) is 14.7. The topological polar surface area (TPSA) is 68.4 Å². The van der Waals surface area contributed by atoms with Crippen molar-refractivity contribution in [2.45, 2.75) is 37.9 Å². The molecule has 6 nitrogen and oxygen atoms in total. The molecule has 2 fully saturated rings. The van der Waals surface area contributed by atoms with Gasteiger partial charge >= 0.3 is 0 Å². The van der Waals surface area contributed by atoms with Gasteiger partial charge in [0.2, 0.25) is 5.91 Å². The maximum absolute atomic E-state index is 12.7. The number of halogens is 1. The van der Waals surface area contributed by atoms with Crippen LogP contribution in [0.5, 0.6) is 0 Å². The average Bonchev–Trinajstić information content (AvgIpc) is 2.80. The number of benzene rings is 1. The van der Waals surface area contributed by atoms with Crippen LogP contribution in [0, 0.1) is 0 Å². The number of carbonyl (C=O) groups excluding carboxylic acids is 1. The smallest absolute Gasteiger partial charge is 0.244 e. The number of amides is 1. The average molecular weight is 324 g/mol. The van der Waals surface area contributed by atoms with Gasteiger partial charge in [-0.05, 0) is 31.0 Å². The maximum atomic E-state index is 12.7. The zero-order valence-corrected chi connectivity index (χ0v) is 13.2. The molecule has 2 atom stereocenters. The van der Waals surface area contributed by atoms with Gasteiger partial charge in [0.05, 0.1) is 0 Å². The van der Waals surface area contributed by atoms with Crippen molar-refractivity contribution in [2.75, 3.05) is 18.4 Å². The number of anilines is 1. The Bertz CT molecular complexity index is 518. The molecule has 1 aromatic carbocycles. The summed E-state index contributed by atoms with van der Waals surface area (Å²) in [5.41, 5.74) is 9.79. The fourth-order valence-corrected chi connectivity index (χ4v) is 3.12. The fourth-order valence-electron chi connectivity index (χ4n) is 2.93. The third kappa shape index (κ3) is 3.70. The number of nitrogens with zero attached hydrogens (tertiary/aromatic N) is 1. The van der Waals surface area contributed by atoms with Gasteiger partial charge in [0.1, 0.15) is 12.2 Å². The lowest BCUT2D eigenvalue weighted by molar-refractivity contribution is -0.133. The second-order valence-electron chi connectivity index (χ2n) is 5.76. The van der Waals surface area contributed by atoms with E-state index in [4.69, 9.17) is 11.6 Å². The number of nitrogens with one attached hydrogen (secondary N) is 4. The van der Waals surface area contributed by atoms with Crippen molar-refractivity contribution < 1.29 is 4.79 Å². The zero-order chi connectivity index (χ0) is 15.4. The molecule has 2 heterocycles. The Kier molecular flexibility index (Phi) is 5.15. The summed E-state index contributed by atoms with van der Waals surface area (Å²) in [6.07, 6.45) is 4.37. The zero-order valence-electron chi connectivity index (χ0n) is 12.4. The van der Waals surface area contributed by atoms with Gasteiger partial charge < -0.3 is 10.2 Å². The van der Waals surface area contributed by atoms with Crippen molar-refractivity contribution in [3.8, 4) is 0 Å². The van der Waals surface area contributed by atoms with E-state index >= 15 is 0 Å². The van der Waals surface area contributed by atoms with Gasteiger partial charge in [0.25, 0.3) is 0 Å². The Labute approximate surface area is 135 Å². The van der Waals surface area contributed by atoms with E-state index in [1.165, 1.54) is 12.8 Å². The summed E-state index contributed by atoms with van der Waals surface area (Å²) >= 11 is 6.00. The Hall–Kier alpha value is -1.34. The number of hydrogen-bond donors (Lipinski definition) is 4. The summed E-state index contributed by atoms with van der Waals surface area (Å²) in [7, 11) is 0. The second kappa shape index (κ2) is 7.28. The first-order valence-electron chi connectivity index (χ1n) is 7.81. The van der Waals surface area contributed by atoms with E-state index in [-0.39, 0.29) is 18.1 Å². The highest BCUT2D eigenvalue weighted by Gasteiger charge is 2.35. The molecule has 0 spiro atoms. The maximum Gasteiger partial charge on any atom is 0.244 e. The molecule has 3 rings (SSSR count). The van der Waals surface area contributed by atoms with Gasteiger partial charge in [-0.1, -0.05) is 30.5 Å². The monoisotopic (exact) mass is 323 g/mol. The van der Waals surface area contributed by atoms with E-state index in [2.05, 4.69) is 21.7 Å². The van der Waals surface area contributed by atoms with E-state index < -0.39 is 0 Å². The standard InChI is InChI=1S/C15H22ClN5O/c16-11-6-5-7-12(10-11)17-14-13(18-20-19-14)15(22)21-8-3-1-2-4-9-21/h5-7,10,13-14,17-20H,1-4,8-9H2. The highest BCUT2D eigenvalue weighted by Crippen LogP contribution is 2.17. The number of rotatable bonds is 3. The van der Waals surface area contributed by atoms with Gasteiger partial charge in [-0.25, -0.2) is 10.9 Å².